The Morgan fingerprint density at radius 2 is 1.91 bits per heavy atom. The number of carbonyl (C=O) groups excluding carboxylic acids is 1. The zero-order valence-electron chi connectivity index (χ0n) is 13.9. The molecule has 0 radical (unpaired) electrons. The summed E-state index contributed by atoms with van der Waals surface area (Å²) < 4.78 is 10.7. The number of piperidine rings is 1. The van der Waals surface area contributed by atoms with Crippen molar-refractivity contribution in [3.05, 3.63) is 29.8 Å². The number of ether oxygens (including phenoxy) is 2. The minimum atomic E-state index is -0.471. The summed E-state index contributed by atoms with van der Waals surface area (Å²) in [7, 11) is 1.65. The molecule has 1 fully saturated rings. The number of carbonyl (C=O) groups is 1. The Hall–Kier alpha value is -1.75. The van der Waals surface area contributed by atoms with Gasteiger partial charge in [-0.1, -0.05) is 12.1 Å². The van der Waals surface area contributed by atoms with Gasteiger partial charge in [-0.3, -0.25) is 0 Å². The molecule has 1 amide bonds. The van der Waals surface area contributed by atoms with Crippen molar-refractivity contribution in [3.63, 3.8) is 0 Å². The second-order valence-electron chi connectivity index (χ2n) is 6.86. The van der Waals surface area contributed by atoms with E-state index >= 15 is 0 Å². The summed E-state index contributed by atoms with van der Waals surface area (Å²) in [5, 5.41) is 0. The highest BCUT2D eigenvalue weighted by molar-refractivity contribution is 5.68. The fraction of sp³-hybridized carbons (Fsp3) is 0.588. The molecule has 5 nitrogen and oxygen atoms in total. The van der Waals surface area contributed by atoms with Crippen LogP contribution >= 0.6 is 0 Å². The highest BCUT2D eigenvalue weighted by Gasteiger charge is 2.35. The number of likely N-dealkylation sites (tertiary alicyclic amines) is 1. The first-order valence-corrected chi connectivity index (χ1v) is 7.65. The van der Waals surface area contributed by atoms with Crippen molar-refractivity contribution in [2.24, 2.45) is 5.73 Å². The Bertz CT molecular complexity index is 529. The molecule has 0 bridgehead atoms. The highest BCUT2D eigenvalue weighted by atomic mass is 16.6. The molecule has 2 rings (SSSR count). The number of benzene rings is 1. The van der Waals surface area contributed by atoms with E-state index < -0.39 is 11.1 Å². The first-order valence-electron chi connectivity index (χ1n) is 7.65. The maximum Gasteiger partial charge on any atom is 0.410 e. The van der Waals surface area contributed by atoms with Gasteiger partial charge < -0.3 is 20.1 Å². The van der Waals surface area contributed by atoms with E-state index in [2.05, 4.69) is 0 Å². The summed E-state index contributed by atoms with van der Waals surface area (Å²) in [6, 6.07) is 7.85. The van der Waals surface area contributed by atoms with Gasteiger partial charge in [-0.25, -0.2) is 4.79 Å². The maximum atomic E-state index is 12.1. The second kappa shape index (κ2) is 6.16. The third-order valence-electron chi connectivity index (χ3n) is 3.95. The van der Waals surface area contributed by atoms with Crippen molar-refractivity contribution in [2.45, 2.75) is 44.8 Å². The SMILES string of the molecule is COc1cccc(C2(N)CCN(C(=O)OC(C)(C)C)CC2)c1. The van der Waals surface area contributed by atoms with E-state index in [1.165, 1.54) is 0 Å². The summed E-state index contributed by atoms with van der Waals surface area (Å²) in [5.74, 6) is 0.803. The summed E-state index contributed by atoms with van der Waals surface area (Å²) in [6.07, 6.45) is 1.15. The number of hydrogen-bond acceptors (Lipinski definition) is 4. The smallest absolute Gasteiger partial charge is 0.410 e. The summed E-state index contributed by atoms with van der Waals surface area (Å²) in [6.45, 7) is 6.82. The van der Waals surface area contributed by atoms with Crippen LogP contribution in [0.2, 0.25) is 0 Å². The van der Waals surface area contributed by atoms with Gasteiger partial charge in [-0.2, -0.15) is 0 Å². The Kier molecular flexibility index (Phi) is 4.66. The van der Waals surface area contributed by atoms with Crippen LogP contribution in [0.5, 0.6) is 5.75 Å². The quantitative estimate of drug-likeness (QED) is 0.912. The van der Waals surface area contributed by atoms with Crippen molar-refractivity contribution >= 4 is 6.09 Å². The van der Waals surface area contributed by atoms with Gasteiger partial charge in [-0.15, -0.1) is 0 Å². The Morgan fingerprint density at radius 1 is 1.27 bits per heavy atom. The molecule has 0 aromatic heterocycles. The lowest BCUT2D eigenvalue weighted by molar-refractivity contribution is 0.0166. The van der Waals surface area contributed by atoms with Gasteiger partial charge in [-0.05, 0) is 51.3 Å². The molecule has 0 atom stereocenters. The Morgan fingerprint density at radius 3 is 2.45 bits per heavy atom. The predicted molar refractivity (Wildman–Crippen MR) is 85.9 cm³/mol. The fourth-order valence-corrected chi connectivity index (χ4v) is 2.64. The number of nitrogens with two attached hydrogens (primary N) is 1. The molecule has 0 unspecified atom stereocenters. The lowest BCUT2D eigenvalue weighted by Gasteiger charge is -2.40. The van der Waals surface area contributed by atoms with Crippen molar-refractivity contribution in [1.82, 2.24) is 4.90 Å². The third kappa shape index (κ3) is 3.91. The molecule has 1 heterocycles. The van der Waals surface area contributed by atoms with Gasteiger partial charge in [0.15, 0.2) is 0 Å². The molecule has 2 N–H and O–H groups in total. The molecule has 1 aromatic carbocycles. The van der Waals surface area contributed by atoms with Gasteiger partial charge in [0.25, 0.3) is 0 Å². The van der Waals surface area contributed by atoms with Crippen molar-refractivity contribution in [1.29, 1.82) is 0 Å². The molecule has 0 spiro atoms. The molecule has 1 aromatic rings. The highest BCUT2D eigenvalue weighted by Crippen LogP contribution is 2.32. The predicted octanol–water partition coefficient (Wildman–Crippen LogP) is 2.88. The average Bonchev–Trinajstić information content (AvgIpc) is 2.46. The lowest BCUT2D eigenvalue weighted by atomic mass is 9.82. The number of hydrogen-bond donors (Lipinski definition) is 1. The van der Waals surface area contributed by atoms with Crippen LogP contribution in [0, 0.1) is 0 Å². The largest absolute Gasteiger partial charge is 0.497 e. The minimum Gasteiger partial charge on any atom is -0.497 e. The van der Waals surface area contributed by atoms with E-state index in [0.29, 0.717) is 25.9 Å². The van der Waals surface area contributed by atoms with Gasteiger partial charge in [0.05, 0.1) is 7.11 Å². The fourth-order valence-electron chi connectivity index (χ4n) is 2.64. The average molecular weight is 306 g/mol. The first-order chi connectivity index (χ1) is 10.2. The van der Waals surface area contributed by atoms with E-state index in [0.717, 1.165) is 11.3 Å². The number of rotatable bonds is 2. The second-order valence-corrected chi connectivity index (χ2v) is 6.86. The summed E-state index contributed by atoms with van der Waals surface area (Å²) >= 11 is 0. The zero-order chi connectivity index (χ0) is 16.4. The van der Waals surface area contributed by atoms with Gasteiger partial charge in [0.1, 0.15) is 11.4 Å². The van der Waals surface area contributed by atoms with Crippen LogP contribution in [-0.4, -0.2) is 36.8 Å². The zero-order valence-corrected chi connectivity index (χ0v) is 13.9. The third-order valence-corrected chi connectivity index (χ3v) is 3.95. The van der Waals surface area contributed by atoms with Gasteiger partial charge in [0, 0.05) is 18.6 Å². The number of nitrogens with zero attached hydrogens (tertiary/aromatic N) is 1. The van der Waals surface area contributed by atoms with E-state index in [9.17, 15) is 4.79 Å². The molecule has 0 aliphatic carbocycles. The van der Waals surface area contributed by atoms with E-state index in [4.69, 9.17) is 15.2 Å². The summed E-state index contributed by atoms with van der Waals surface area (Å²) in [4.78, 5) is 13.8. The van der Waals surface area contributed by atoms with Gasteiger partial charge in [0.2, 0.25) is 0 Å². The molecular weight excluding hydrogens is 280 g/mol. The molecule has 5 heteroatoms. The Labute approximate surface area is 132 Å². The van der Waals surface area contributed by atoms with Crippen molar-refractivity contribution < 1.29 is 14.3 Å². The van der Waals surface area contributed by atoms with E-state index in [1.807, 2.05) is 45.0 Å². The maximum absolute atomic E-state index is 12.1. The first kappa shape index (κ1) is 16.6. The van der Waals surface area contributed by atoms with Crippen LogP contribution in [0.1, 0.15) is 39.2 Å². The van der Waals surface area contributed by atoms with Crippen LogP contribution in [0.4, 0.5) is 4.79 Å². The molecule has 1 saturated heterocycles. The van der Waals surface area contributed by atoms with E-state index in [-0.39, 0.29) is 6.09 Å². The molecule has 0 saturated carbocycles. The molecule has 122 valence electrons. The standard InChI is InChI=1S/C17H26N2O3/c1-16(2,3)22-15(20)19-10-8-17(18,9-11-19)13-6-5-7-14(12-13)21-4/h5-7,12H,8-11,18H2,1-4H3. The van der Waals surface area contributed by atoms with Crippen LogP contribution in [0.25, 0.3) is 0 Å². The molecule has 1 aliphatic rings. The normalized spacial score (nSPS) is 18.0. The molecular formula is C17H26N2O3. The topological polar surface area (TPSA) is 64.8 Å². The Balaban J connectivity index is 2.02. The molecule has 1 aliphatic heterocycles. The number of methoxy groups -OCH3 is 1. The van der Waals surface area contributed by atoms with E-state index in [1.54, 1.807) is 12.0 Å². The van der Waals surface area contributed by atoms with Crippen molar-refractivity contribution in [3.8, 4) is 5.75 Å². The summed E-state index contributed by atoms with van der Waals surface area (Å²) in [5.41, 5.74) is 6.72. The monoisotopic (exact) mass is 306 g/mol. The minimum absolute atomic E-state index is 0.264. The number of amides is 1. The molecule has 22 heavy (non-hydrogen) atoms. The van der Waals surface area contributed by atoms with Gasteiger partial charge >= 0.3 is 6.09 Å². The van der Waals surface area contributed by atoms with Crippen LogP contribution in [0.3, 0.4) is 0 Å². The van der Waals surface area contributed by atoms with Crippen molar-refractivity contribution in [2.75, 3.05) is 20.2 Å². The van der Waals surface area contributed by atoms with Crippen LogP contribution in [-0.2, 0) is 10.3 Å². The van der Waals surface area contributed by atoms with Crippen LogP contribution in [0.15, 0.2) is 24.3 Å². The lowest BCUT2D eigenvalue weighted by Crippen LogP contribution is -2.50. The van der Waals surface area contributed by atoms with Crippen LogP contribution < -0.4 is 10.5 Å².